The predicted octanol–water partition coefficient (Wildman–Crippen LogP) is 2.26. The first kappa shape index (κ1) is 4.45. The van der Waals surface area contributed by atoms with Crippen molar-refractivity contribution in [2.45, 2.75) is 0 Å². The van der Waals surface area contributed by atoms with Crippen LogP contribution in [0, 0.1) is 0 Å². The zero-order valence-electron chi connectivity index (χ0n) is 5.33. The van der Waals surface area contributed by atoms with Crippen LogP contribution in [0.25, 0.3) is 21.8 Å². The molecule has 10 heavy (non-hydrogen) atoms. The molecule has 0 unspecified atom stereocenters. The van der Waals surface area contributed by atoms with Crippen molar-refractivity contribution < 1.29 is 0 Å². The highest BCUT2D eigenvalue weighted by molar-refractivity contribution is 5.97. The van der Waals surface area contributed by atoms with Gasteiger partial charge in [-0.3, -0.25) is 0 Å². The summed E-state index contributed by atoms with van der Waals surface area (Å²) >= 11 is 0. The lowest BCUT2D eigenvalue weighted by atomic mass is 10.1. The standard InChI is InChI=1S/C9H5N/c1-3-8-7-2-4-9(10-8)6(1)5-7/h1-5H. The van der Waals surface area contributed by atoms with Gasteiger partial charge in [-0.25, -0.2) is 4.98 Å². The molecule has 2 aromatic carbocycles. The Hall–Kier alpha value is -1.37. The van der Waals surface area contributed by atoms with Crippen molar-refractivity contribution in [2.24, 2.45) is 0 Å². The minimum Gasteiger partial charge on any atom is -0.248 e. The van der Waals surface area contributed by atoms with E-state index in [1.807, 2.05) is 0 Å². The van der Waals surface area contributed by atoms with E-state index in [-0.39, 0.29) is 0 Å². The number of fused-ring (bicyclic) bond motifs is 2. The summed E-state index contributed by atoms with van der Waals surface area (Å²) in [5.74, 6) is 0. The molecule has 1 heteroatoms. The summed E-state index contributed by atoms with van der Waals surface area (Å²) < 4.78 is 0. The third kappa shape index (κ3) is 0.346. The Labute approximate surface area is 58.0 Å². The number of hydrogen-bond acceptors (Lipinski definition) is 1. The number of benzene rings is 2. The molecule has 0 saturated carbocycles. The first-order chi connectivity index (χ1) is 4.93. The first-order valence-electron chi connectivity index (χ1n) is 3.35. The zero-order valence-corrected chi connectivity index (χ0v) is 5.33. The molecule has 0 radical (unpaired) electrons. The molecule has 4 bridgehead atoms. The van der Waals surface area contributed by atoms with Gasteiger partial charge < -0.3 is 0 Å². The van der Waals surface area contributed by atoms with E-state index in [2.05, 4.69) is 35.3 Å². The lowest BCUT2D eigenvalue weighted by molar-refractivity contribution is 1.48. The molecule has 3 aromatic heterocycles. The highest BCUT2D eigenvalue weighted by Crippen LogP contribution is 2.23. The van der Waals surface area contributed by atoms with Gasteiger partial charge in [0.1, 0.15) is 0 Å². The maximum absolute atomic E-state index is 4.37. The van der Waals surface area contributed by atoms with Gasteiger partial charge in [0.2, 0.25) is 0 Å². The van der Waals surface area contributed by atoms with Crippen molar-refractivity contribution in [3.63, 3.8) is 0 Å². The molecule has 5 rings (SSSR count). The van der Waals surface area contributed by atoms with Crippen LogP contribution in [0.1, 0.15) is 0 Å². The zero-order chi connectivity index (χ0) is 6.55. The van der Waals surface area contributed by atoms with Gasteiger partial charge in [0.05, 0.1) is 11.0 Å². The van der Waals surface area contributed by atoms with Gasteiger partial charge >= 0.3 is 0 Å². The van der Waals surface area contributed by atoms with Crippen LogP contribution in [0.4, 0.5) is 0 Å². The van der Waals surface area contributed by atoms with E-state index in [4.69, 9.17) is 0 Å². The highest BCUT2D eigenvalue weighted by atomic mass is 14.7. The van der Waals surface area contributed by atoms with Crippen molar-refractivity contribution in [1.82, 2.24) is 4.98 Å². The van der Waals surface area contributed by atoms with E-state index < -0.39 is 0 Å². The Morgan fingerprint density at radius 1 is 0.800 bits per heavy atom. The van der Waals surface area contributed by atoms with Crippen LogP contribution in [-0.2, 0) is 0 Å². The maximum Gasteiger partial charge on any atom is 0.0709 e. The molecular formula is C9H5N. The molecule has 0 amide bonds. The molecule has 5 aromatic rings. The van der Waals surface area contributed by atoms with Crippen molar-refractivity contribution >= 4 is 21.8 Å². The Balaban J connectivity index is 2.91. The van der Waals surface area contributed by atoms with Crippen LogP contribution < -0.4 is 0 Å². The smallest absolute Gasteiger partial charge is 0.0709 e. The van der Waals surface area contributed by atoms with Gasteiger partial charge in [-0.1, -0.05) is 12.1 Å². The Kier molecular flexibility index (Phi) is 0.539. The van der Waals surface area contributed by atoms with Gasteiger partial charge in [0, 0.05) is 10.8 Å². The average molecular weight is 127 g/mol. The summed E-state index contributed by atoms with van der Waals surface area (Å²) in [4.78, 5) is 4.37. The number of nitrogens with zero attached hydrogens (tertiary/aromatic N) is 1. The molecule has 0 atom stereocenters. The molecule has 3 heterocycles. The molecule has 0 spiro atoms. The normalized spacial score (nSPS) is 12.0. The summed E-state index contributed by atoms with van der Waals surface area (Å²) in [6.45, 7) is 0. The fourth-order valence-electron chi connectivity index (χ4n) is 1.45. The van der Waals surface area contributed by atoms with Crippen LogP contribution in [0.3, 0.4) is 0 Å². The van der Waals surface area contributed by atoms with E-state index in [0.29, 0.717) is 0 Å². The molecule has 0 aliphatic carbocycles. The van der Waals surface area contributed by atoms with Gasteiger partial charge in [0.15, 0.2) is 0 Å². The third-order valence-electron chi connectivity index (χ3n) is 1.98. The molecule has 0 aliphatic heterocycles. The van der Waals surface area contributed by atoms with E-state index >= 15 is 0 Å². The quantitative estimate of drug-likeness (QED) is 0.451. The molecule has 1 nitrogen and oxygen atoms in total. The second-order valence-electron chi connectivity index (χ2n) is 2.60. The Bertz CT molecular complexity index is 374. The van der Waals surface area contributed by atoms with Gasteiger partial charge in [-0.05, 0) is 18.2 Å². The SMILES string of the molecule is c1cc2nc3ccc2cc13. The average Bonchev–Trinajstić information content (AvgIpc) is 2.05. The largest absolute Gasteiger partial charge is 0.248 e. The maximum atomic E-state index is 4.37. The Morgan fingerprint density at radius 2 is 1.40 bits per heavy atom. The third-order valence-corrected chi connectivity index (χ3v) is 1.98. The summed E-state index contributed by atoms with van der Waals surface area (Å²) in [6.07, 6.45) is 0. The fourth-order valence-corrected chi connectivity index (χ4v) is 1.45. The van der Waals surface area contributed by atoms with Crippen LogP contribution >= 0.6 is 0 Å². The summed E-state index contributed by atoms with van der Waals surface area (Å²) in [7, 11) is 0. The molecule has 0 fully saturated rings. The molecule has 0 saturated heterocycles. The lowest BCUT2D eigenvalue weighted by Crippen LogP contribution is -1.85. The van der Waals surface area contributed by atoms with Crippen molar-refractivity contribution in [3.8, 4) is 0 Å². The van der Waals surface area contributed by atoms with Gasteiger partial charge in [-0.2, -0.15) is 0 Å². The Morgan fingerprint density at radius 3 is 1.70 bits per heavy atom. The topological polar surface area (TPSA) is 12.9 Å². The van der Waals surface area contributed by atoms with Crippen molar-refractivity contribution in [1.29, 1.82) is 0 Å². The van der Waals surface area contributed by atoms with Crippen molar-refractivity contribution in [3.05, 3.63) is 30.3 Å². The first-order valence-corrected chi connectivity index (χ1v) is 3.35. The summed E-state index contributed by atoms with van der Waals surface area (Å²) in [5.41, 5.74) is 2.24. The minimum absolute atomic E-state index is 1.12. The van der Waals surface area contributed by atoms with Crippen LogP contribution in [0.5, 0.6) is 0 Å². The van der Waals surface area contributed by atoms with E-state index in [0.717, 1.165) is 11.0 Å². The molecule has 46 valence electrons. The van der Waals surface area contributed by atoms with Crippen LogP contribution in [0.2, 0.25) is 0 Å². The monoisotopic (exact) mass is 127 g/mol. The van der Waals surface area contributed by atoms with E-state index in [1.165, 1.54) is 10.8 Å². The summed E-state index contributed by atoms with van der Waals surface area (Å²) in [5, 5.41) is 2.51. The van der Waals surface area contributed by atoms with Gasteiger partial charge in [-0.15, -0.1) is 0 Å². The van der Waals surface area contributed by atoms with Crippen LogP contribution in [0.15, 0.2) is 30.3 Å². The lowest BCUT2D eigenvalue weighted by Gasteiger charge is -2.04. The van der Waals surface area contributed by atoms with E-state index in [9.17, 15) is 0 Å². The highest BCUT2D eigenvalue weighted by Gasteiger charge is 2.02. The number of aromatic nitrogens is 1. The molecule has 0 aliphatic rings. The second kappa shape index (κ2) is 1.21. The molecule has 0 N–H and O–H groups in total. The summed E-state index contributed by atoms with van der Waals surface area (Å²) in [6, 6.07) is 10.5. The minimum atomic E-state index is 1.12. The van der Waals surface area contributed by atoms with Crippen LogP contribution in [-0.4, -0.2) is 4.98 Å². The number of hydrogen-bond donors (Lipinski definition) is 0. The second-order valence-corrected chi connectivity index (χ2v) is 2.60. The number of pyridine rings is 3. The van der Waals surface area contributed by atoms with Crippen molar-refractivity contribution in [2.75, 3.05) is 0 Å². The number of rotatable bonds is 0. The fraction of sp³-hybridized carbons (Fsp3) is 0. The molecular weight excluding hydrogens is 122 g/mol. The van der Waals surface area contributed by atoms with E-state index in [1.54, 1.807) is 0 Å². The predicted molar refractivity (Wildman–Crippen MR) is 41.6 cm³/mol. The van der Waals surface area contributed by atoms with Gasteiger partial charge in [0.25, 0.3) is 0 Å².